The van der Waals surface area contributed by atoms with Gasteiger partial charge < -0.3 is 19.4 Å². The Morgan fingerprint density at radius 3 is 2.77 bits per heavy atom. The third-order valence-electron chi connectivity index (χ3n) is 5.41. The lowest BCUT2D eigenvalue weighted by Crippen LogP contribution is -2.52. The highest BCUT2D eigenvalue weighted by molar-refractivity contribution is 5.92. The summed E-state index contributed by atoms with van der Waals surface area (Å²) in [4.78, 5) is 23.0. The Hall–Kier alpha value is -2.41. The fraction of sp³-hybridized carbons (Fsp3) is 0.526. The van der Waals surface area contributed by atoms with E-state index in [1.54, 1.807) is 18.7 Å². The first-order valence-electron chi connectivity index (χ1n) is 9.16. The topological polar surface area (TPSA) is 80.5 Å². The molecule has 0 bridgehead atoms. The van der Waals surface area contributed by atoms with Gasteiger partial charge in [0.15, 0.2) is 5.76 Å². The van der Waals surface area contributed by atoms with E-state index in [9.17, 15) is 4.79 Å². The molecular formula is C19H24N4O3. The monoisotopic (exact) mass is 356 g/mol. The molecule has 26 heavy (non-hydrogen) atoms. The Morgan fingerprint density at radius 2 is 2.08 bits per heavy atom. The fourth-order valence-electron chi connectivity index (χ4n) is 3.91. The van der Waals surface area contributed by atoms with Crippen LogP contribution in [0.15, 0.2) is 35.2 Å². The van der Waals surface area contributed by atoms with Crippen molar-refractivity contribution in [2.45, 2.75) is 44.2 Å². The molecule has 7 heteroatoms. The van der Waals surface area contributed by atoms with Crippen molar-refractivity contribution in [2.75, 3.05) is 25.0 Å². The zero-order valence-electron chi connectivity index (χ0n) is 15.0. The maximum absolute atomic E-state index is 12.6. The predicted molar refractivity (Wildman–Crippen MR) is 95.9 cm³/mol. The average Bonchev–Trinajstić information content (AvgIpc) is 3.09. The summed E-state index contributed by atoms with van der Waals surface area (Å²) in [5.74, 6) is 1.09. The van der Waals surface area contributed by atoms with E-state index in [0.717, 1.165) is 37.9 Å². The molecule has 2 aliphatic heterocycles. The average molecular weight is 356 g/mol. The van der Waals surface area contributed by atoms with Crippen LogP contribution >= 0.6 is 0 Å². The quantitative estimate of drug-likeness (QED) is 0.911. The smallest absolute Gasteiger partial charge is 0.289 e. The first kappa shape index (κ1) is 17.0. The van der Waals surface area contributed by atoms with E-state index < -0.39 is 0 Å². The van der Waals surface area contributed by atoms with Gasteiger partial charge in [-0.05, 0) is 44.7 Å². The number of rotatable bonds is 3. The molecule has 2 aromatic heterocycles. The maximum atomic E-state index is 12.6. The molecular weight excluding hydrogens is 332 g/mol. The second-order valence-corrected chi connectivity index (χ2v) is 7.16. The van der Waals surface area contributed by atoms with Crippen molar-refractivity contribution >= 4 is 11.9 Å². The zero-order valence-corrected chi connectivity index (χ0v) is 15.0. The van der Waals surface area contributed by atoms with Gasteiger partial charge in [0.25, 0.3) is 5.91 Å². The first-order chi connectivity index (χ1) is 12.7. The molecule has 1 atom stereocenters. The number of furan rings is 1. The first-order valence-corrected chi connectivity index (χ1v) is 9.16. The number of nitrogens with zero attached hydrogens (tertiary/aromatic N) is 3. The highest BCUT2D eigenvalue weighted by Gasteiger charge is 2.41. The van der Waals surface area contributed by atoms with Crippen LogP contribution in [0.4, 0.5) is 5.95 Å². The summed E-state index contributed by atoms with van der Waals surface area (Å²) in [6.45, 7) is 3.99. The van der Waals surface area contributed by atoms with Crippen molar-refractivity contribution < 1.29 is 13.9 Å². The summed E-state index contributed by atoms with van der Waals surface area (Å²) in [6, 6.07) is 3.93. The van der Waals surface area contributed by atoms with Crippen LogP contribution in [-0.2, 0) is 4.74 Å². The molecule has 0 aliphatic carbocycles. The van der Waals surface area contributed by atoms with Crippen molar-refractivity contribution in [3.63, 3.8) is 0 Å². The van der Waals surface area contributed by atoms with Gasteiger partial charge in [-0.15, -0.1) is 0 Å². The van der Waals surface area contributed by atoms with Gasteiger partial charge in [0.2, 0.25) is 5.95 Å². The van der Waals surface area contributed by atoms with Crippen LogP contribution in [0, 0.1) is 6.92 Å². The summed E-state index contributed by atoms with van der Waals surface area (Å²) in [6.07, 6.45) is 8.58. The Bertz CT molecular complexity index is 753. The molecule has 4 heterocycles. The molecule has 0 aromatic carbocycles. The number of nitrogens with one attached hydrogen (secondary N) is 1. The normalized spacial score (nSPS) is 22.3. The second kappa shape index (κ2) is 7.07. The van der Waals surface area contributed by atoms with E-state index in [0.29, 0.717) is 30.8 Å². The Labute approximate surface area is 152 Å². The number of aryl methyl sites for hydroxylation is 1. The maximum Gasteiger partial charge on any atom is 0.289 e. The number of aromatic nitrogens is 2. The number of anilines is 1. The summed E-state index contributed by atoms with van der Waals surface area (Å²) in [5, 5.41) is 3.42. The van der Waals surface area contributed by atoms with Gasteiger partial charge in [0.1, 0.15) is 0 Å². The minimum Gasteiger partial charge on any atom is -0.459 e. The van der Waals surface area contributed by atoms with Crippen LogP contribution in [0.5, 0.6) is 0 Å². The minimum atomic E-state index is -0.167. The molecule has 2 aliphatic rings. The molecule has 0 radical (unpaired) electrons. The summed E-state index contributed by atoms with van der Waals surface area (Å²) < 4.78 is 11.5. The number of ether oxygens (including phenoxy) is 1. The van der Waals surface area contributed by atoms with Crippen molar-refractivity contribution in [2.24, 2.45) is 0 Å². The molecule has 1 spiro atoms. The Kier molecular flexibility index (Phi) is 4.63. The second-order valence-electron chi connectivity index (χ2n) is 7.16. The predicted octanol–water partition coefficient (Wildman–Crippen LogP) is 2.64. The van der Waals surface area contributed by atoms with Crippen LogP contribution in [-0.4, -0.2) is 52.1 Å². The van der Waals surface area contributed by atoms with Gasteiger partial charge in [-0.1, -0.05) is 0 Å². The van der Waals surface area contributed by atoms with Crippen LogP contribution in [0.1, 0.15) is 41.8 Å². The number of hydrogen-bond acceptors (Lipinski definition) is 6. The molecule has 7 nitrogen and oxygen atoms in total. The number of carbonyl (C=O) groups excluding carboxylic acids is 1. The van der Waals surface area contributed by atoms with E-state index in [-0.39, 0.29) is 11.5 Å². The number of amides is 1. The minimum absolute atomic E-state index is 0.0227. The van der Waals surface area contributed by atoms with Gasteiger partial charge in [-0.25, -0.2) is 9.97 Å². The summed E-state index contributed by atoms with van der Waals surface area (Å²) in [7, 11) is 0. The fourth-order valence-corrected chi connectivity index (χ4v) is 3.91. The van der Waals surface area contributed by atoms with Crippen molar-refractivity contribution in [3.05, 3.63) is 42.1 Å². The third-order valence-corrected chi connectivity index (χ3v) is 5.41. The zero-order chi connectivity index (χ0) is 18.0. The van der Waals surface area contributed by atoms with Crippen molar-refractivity contribution in [1.82, 2.24) is 14.9 Å². The van der Waals surface area contributed by atoms with E-state index in [2.05, 4.69) is 15.3 Å². The molecule has 2 fully saturated rings. The van der Waals surface area contributed by atoms with Crippen LogP contribution in [0.3, 0.4) is 0 Å². The molecule has 2 aromatic rings. The van der Waals surface area contributed by atoms with Gasteiger partial charge in [0.05, 0.1) is 11.9 Å². The van der Waals surface area contributed by atoms with E-state index >= 15 is 0 Å². The summed E-state index contributed by atoms with van der Waals surface area (Å²) in [5.41, 5.74) is 0.719. The lowest BCUT2D eigenvalue weighted by molar-refractivity contribution is -0.110. The Morgan fingerprint density at radius 1 is 1.31 bits per heavy atom. The molecule has 2 saturated heterocycles. The molecule has 1 N–H and O–H groups in total. The van der Waals surface area contributed by atoms with E-state index in [1.165, 1.54) is 0 Å². The highest BCUT2D eigenvalue weighted by atomic mass is 16.5. The number of likely N-dealkylation sites (tertiary alicyclic amines) is 1. The lowest BCUT2D eigenvalue weighted by atomic mass is 9.82. The molecule has 0 saturated carbocycles. The van der Waals surface area contributed by atoms with Crippen LogP contribution < -0.4 is 5.32 Å². The molecule has 4 rings (SSSR count). The Balaban J connectivity index is 1.37. The number of carbonyl (C=O) groups is 1. The van der Waals surface area contributed by atoms with Gasteiger partial charge in [0, 0.05) is 43.7 Å². The van der Waals surface area contributed by atoms with Crippen LogP contribution in [0.25, 0.3) is 0 Å². The van der Waals surface area contributed by atoms with E-state index in [4.69, 9.17) is 9.15 Å². The standard InChI is InChI=1S/C19H24N4O3/c1-14-3-11-25-16(14)17(24)23-9-5-19(6-10-23)13-15(4-12-26-19)22-18-20-7-2-8-21-18/h2-3,7-8,11,15H,4-6,9-10,12-13H2,1H3,(H,20,21,22)/t15-/m1/s1. The third kappa shape index (κ3) is 3.44. The summed E-state index contributed by atoms with van der Waals surface area (Å²) >= 11 is 0. The molecule has 1 amide bonds. The SMILES string of the molecule is Cc1ccoc1C(=O)N1CCC2(CC1)C[C@H](Nc1ncccn1)CCO2. The van der Waals surface area contributed by atoms with Crippen LogP contribution in [0.2, 0.25) is 0 Å². The van der Waals surface area contributed by atoms with Crippen molar-refractivity contribution in [1.29, 1.82) is 0 Å². The van der Waals surface area contributed by atoms with E-state index in [1.807, 2.05) is 24.0 Å². The lowest BCUT2D eigenvalue weighted by Gasteiger charge is -2.46. The molecule has 138 valence electrons. The van der Waals surface area contributed by atoms with Gasteiger partial charge in [-0.3, -0.25) is 4.79 Å². The number of piperidine rings is 1. The van der Waals surface area contributed by atoms with Crippen molar-refractivity contribution in [3.8, 4) is 0 Å². The number of hydrogen-bond donors (Lipinski definition) is 1. The largest absolute Gasteiger partial charge is 0.459 e. The van der Waals surface area contributed by atoms with Gasteiger partial charge in [-0.2, -0.15) is 0 Å². The van der Waals surface area contributed by atoms with Gasteiger partial charge >= 0.3 is 0 Å². The highest BCUT2D eigenvalue weighted by Crippen LogP contribution is 2.36. The molecule has 0 unspecified atom stereocenters.